The molecular weight excluding hydrogens is 176 g/mol. The molecule has 0 spiro atoms. The average Bonchev–Trinajstić information content (AvgIpc) is 2.52. The van der Waals surface area contributed by atoms with Crippen LogP contribution in [0.1, 0.15) is 27.2 Å². The molecule has 4 heteroatoms. The molecule has 0 atom stereocenters. The lowest BCUT2D eigenvalue weighted by Gasteiger charge is -2.23. The molecular formula is C10H20N4. The second kappa shape index (κ2) is 4.46. The minimum Gasteiger partial charge on any atom is -0.356 e. The van der Waals surface area contributed by atoms with Crippen molar-refractivity contribution in [3.05, 3.63) is 12.4 Å². The van der Waals surface area contributed by atoms with Gasteiger partial charge >= 0.3 is 0 Å². The third-order valence-corrected chi connectivity index (χ3v) is 2.03. The average molecular weight is 196 g/mol. The van der Waals surface area contributed by atoms with Crippen LogP contribution in [0.25, 0.3) is 0 Å². The molecule has 0 saturated carbocycles. The Hall–Kier alpha value is -1.03. The van der Waals surface area contributed by atoms with Gasteiger partial charge in [0.05, 0.1) is 0 Å². The smallest absolute Gasteiger partial charge is 0.203 e. The molecule has 0 amide bonds. The molecule has 80 valence electrons. The van der Waals surface area contributed by atoms with Gasteiger partial charge < -0.3 is 15.6 Å². The van der Waals surface area contributed by atoms with Crippen molar-refractivity contribution in [1.29, 1.82) is 0 Å². The first-order valence-corrected chi connectivity index (χ1v) is 5.03. The largest absolute Gasteiger partial charge is 0.356 e. The number of hydrogen-bond acceptors (Lipinski definition) is 3. The zero-order valence-electron chi connectivity index (χ0n) is 9.25. The summed E-state index contributed by atoms with van der Waals surface area (Å²) in [4.78, 5) is 4.27. The molecule has 0 bridgehead atoms. The highest BCUT2D eigenvalue weighted by molar-refractivity contribution is 5.27. The molecule has 1 aromatic rings. The summed E-state index contributed by atoms with van der Waals surface area (Å²) in [5.74, 6) is 0.922. The zero-order valence-corrected chi connectivity index (χ0v) is 9.25. The normalized spacial score (nSPS) is 11.7. The van der Waals surface area contributed by atoms with E-state index < -0.39 is 0 Å². The van der Waals surface area contributed by atoms with Crippen molar-refractivity contribution in [2.75, 3.05) is 18.4 Å². The summed E-state index contributed by atoms with van der Waals surface area (Å²) in [5.41, 5.74) is 5.50. The molecule has 4 nitrogen and oxygen atoms in total. The van der Waals surface area contributed by atoms with Gasteiger partial charge in [-0.05, 0) is 33.7 Å². The van der Waals surface area contributed by atoms with Crippen molar-refractivity contribution in [2.45, 2.75) is 32.7 Å². The number of nitrogens with two attached hydrogens (primary N) is 1. The molecule has 1 rings (SSSR count). The minimum absolute atomic E-state index is 0.0710. The van der Waals surface area contributed by atoms with Crippen LogP contribution < -0.4 is 11.1 Å². The van der Waals surface area contributed by atoms with Gasteiger partial charge in [-0.3, -0.25) is 0 Å². The molecule has 0 radical (unpaired) electrons. The molecule has 14 heavy (non-hydrogen) atoms. The number of nitrogens with one attached hydrogen (secondary N) is 1. The van der Waals surface area contributed by atoms with E-state index in [1.807, 2.05) is 12.4 Å². The molecule has 0 unspecified atom stereocenters. The van der Waals surface area contributed by atoms with Gasteiger partial charge in [0.1, 0.15) is 0 Å². The number of aromatic nitrogens is 2. The van der Waals surface area contributed by atoms with Crippen molar-refractivity contribution in [1.82, 2.24) is 9.55 Å². The molecule has 3 N–H and O–H groups in total. The number of hydrogen-bond donors (Lipinski definition) is 2. The summed E-state index contributed by atoms with van der Waals surface area (Å²) in [6.07, 6.45) is 4.78. The lowest BCUT2D eigenvalue weighted by molar-refractivity contribution is 0.401. The van der Waals surface area contributed by atoms with Crippen molar-refractivity contribution in [3.8, 4) is 0 Å². The van der Waals surface area contributed by atoms with E-state index in [4.69, 9.17) is 5.73 Å². The van der Waals surface area contributed by atoms with Gasteiger partial charge in [0.25, 0.3) is 0 Å². The van der Waals surface area contributed by atoms with Crippen LogP contribution in [-0.4, -0.2) is 22.6 Å². The third kappa shape index (κ3) is 2.73. The standard InChI is InChI=1S/C10H20N4/c1-10(2,3)14-8-7-13-9(14)12-6-4-5-11/h7-8H,4-6,11H2,1-3H3,(H,12,13). The Morgan fingerprint density at radius 3 is 2.79 bits per heavy atom. The number of rotatable bonds is 4. The highest BCUT2D eigenvalue weighted by Crippen LogP contribution is 2.18. The molecule has 1 heterocycles. The van der Waals surface area contributed by atoms with Crippen LogP contribution >= 0.6 is 0 Å². The Morgan fingerprint density at radius 1 is 1.50 bits per heavy atom. The lowest BCUT2D eigenvalue weighted by atomic mass is 10.1. The van der Waals surface area contributed by atoms with Gasteiger partial charge in [-0.15, -0.1) is 0 Å². The quantitative estimate of drug-likeness (QED) is 0.716. The summed E-state index contributed by atoms with van der Waals surface area (Å²) in [6, 6.07) is 0. The van der Waals surface area contributed by atoms with E-state index in [1.165, 1.54) is 0 Å². The van der Waals surface area contributed by atoms with Gasteiger partial charge in [-0.2, -0.15) is 0 Å². The van der Waals surface area contributed by atoms with E-state index in [0.29, 0.717) is 6.54 Å². The van der Waals surface area contributed by atoms with Gasteiger partial charge in [0, 0.05) is 24.5 Å². The van der Waals surface area contributed by atoms with E-state index in [0.717, 1.165) is 18.9 Å². The predicted molar refractivity (Wildman–Crippen MR) is 59.4 cm³/mol. The maximum atomic E-state index is 5.42. The molecule has 0 aliphatic heterocycles. The van der Waals surface area contributed by atoms with Gasteiger partial charge in [0.2, 0.25) is 5.95 Å². The first kappa shape index (κ1) is 11.0. The molecule has 0 saturated heterocycles. The van der Waals surface area contributed by atoms with E-state index in [9.17, 15) is 0 Å². The highest BCUT2D eigenvalue weighted by atomic mass is 15.2. The summed E-state index contributed by atoms with van der Waals surface area (Å²) in [6.45, 7) is 8.06. The second-order valence-corrected chi connectivity index (χ2v) is 4.36. The summed E-state index contributed by atoms with van der Waals surface area (Å²) in [7, 11) is 0. The van der Waals surface area contributed by atoms with E-state index >= 15 is 0 Å². The number of nitrogens with zero attached hydrogens (tertiary/aromatic N) is 2. The SMILES string of the molecule is CC(C)(C)n1ccnc1NCCCN. The Kier molecular flexibility index (Phi) is 3.52. The Morgan fingerprint density at radius 2 is 2.21 bits per heavy atom. The van der Waals surface area contributed by atoms with Gasteiger partial charge in [-0.1, -0.05) is 0 Å². The first-order chi connectivity index (χ1) is 6.55. The minimum atomic E-state index is 0.0710. The fourth-order valence-electron chi connectivity index (χ4n) is 1.28. The molecule has 1 aromatic heterocycles. The third-order valence-electron chi connectivity index (χ3n) is 2.03. The summed E-state index contributed by atoms with van der Waals surface area (Å²) < 4.78 is 2.13. The molecule has 0 aliphatic rings. The lowest BCUT2D eigenvalue weighted by Crippen LogP contribution is -2.23. The van der Waals surface area contributed by atoms with Crippen molar-refractivity contribution < 1.29 is 0 Å². The van der Waals surface area contributed by atoms with Crippen molar-refractivity contribution in [2.24, 2.45) is 5.73 Å². The number of anilines is 1. The van der Waals surface area contributed by atoms with E-state index in [1.54, 1.807) is 0 Å². The van der Waals surface area contributed by atoms with Crippen LogP contribution in [0.4, 0.5) is 5.95 Å². The van der Waals surface area contributed by atoms with Gasteiger partial charge in [-0.25, -0.2) is 4.98 Å². The van der Waals surface area contributed by atoms with Crippen LogP contribution in [-0.2, 0) is 5.54 Å². The molecule has 0 fully saturated rings. The van der Waals surface area contributed by atoms with Crippen LogP contribution in [0.5, 0.6) is 0 Å². The molecule has 0 aliphatic carbocycles. The maximum absolute atomic E-state index is 5.42. The summed E-state index contributed by atoms with van der Waals surface area (Å²) >= 11 is 0. The Balaban J connectivity index is 2.63. The monoisotopic (exact) mass is 196 g/mol. The zero-order chi connectivity index (χ0) is 10.6. The highest BCUT2D eigenvalue weighted by Gasteiger charge is 2.15. The van der Waals surface area contributed by atoms with Crippen LogP contribution in [0.3, 0.4) is 0 Å². The van der Waals surface area contributed by atoms with E-state index in [-0.39, 0.29) is 5.54 Å². The fourth-order valence-corrected chi connectivity index (χ4v) is 1.28. The van der Waals surface area contributed by atoms with Crippen molar-refractivity contribution >= 4 is 5.95 Å². The van der Waals surface area contributed by atoms with Crippen molar-refractivity contribution in [3.63, 3.8) is 0 Å². The van der Waals surface area contributed by atoms with Crippen LogP contribution in [0.2, 0.25) is 0 Å². The topological polar surface area (TPSA) is 55.9 Å². The maximum Gasteiger partial charge on any atom is 0.203 e. The Labute approximate surface area is 85.5 Å². The summed E-state index contributed by atoms with van der Waals surface area (Å²) in [5, 5.41) is 3.27. The first-order valence-electron chi connectivity index (χ1n) is 5.03. The van der Waals surface area contributed by atoms with Crippen LogP contribution in [0.15, 0.2) is 12.4 Å². The van der Waals surface area contributed by atoms with Gasteiger partial charge in [0.15, 0.2) is 0 Å². The second-order valence-electron chi connectivity index (χ2n) is 4.36. The van der Waals surface area contributed by atoms with Crippen LogP contribution in [0, 0.1) is 0 Å². The fraction of sp³-hybridized carbons (Fsp3) is 0.700. The number of imidazole rings is 1. The van der Waals surface area contributed by atoms with E-state index in [2.05, 4.69) is 35.6 Å². The predicted octanol–water partition coefficient (Wildman–Crippen LogP) is 1.40. The Bertz CT molecular complexity index is 272. The molecule has 0 aromatic carbocycles.